The van der Waals surface area contributed by atoms with Crippen LogP contribution in [0, 0.1) is 0 Å². The van der Waals surface area contributed by atoms with Crippen molar-refractivity contribution >= 4 is 5.91 Å². The van der Waals surface area contributed by atoms with Crippen LogP contribution in [0.25, 0.3) is 0 Å². The first kappa shape index (κ1) is 16.0. The molecule has 1 N–H and O–H groups in total. The summed E-state index contributed by atoms with van der Waals surface area (Å²) in [7, 11) is 1.65. The average molecular weight is 300 g/mol. The molecule has 2 rings (SSSR count). The lowest BCUT2D eigenvalue weighted by Crippen LogP contribution is -2.23. The van der Waals surface area contributed by atoms with Crippen molar-refractivity contribution in [2.75, 3.05) is 13.7 Å². The molecule has 1 aromatic heterocycles. The van der Waals surface area contributed by atoms with Crippen LogP contribution in [0.4, 0.5) is 0 Å². The quantitative estimate of drug-likeness (QED) is 0.853. The molecule has 0 aliphatic carbocycles. The van der Waals surface area contributed by atoms with Gasteiger partial charge in [-0.15, -0.1) is 0 Å². The van der Waals surface area contributed by atoms with Crippen molar-refractivity contribution in [1.29, 1.82) is 0 Å². The van der Waals surface area contributed by atoms with Crippen molar-refractivity contribution in [2.24, 2.45) is 0 Å². The lowest BCUT2D eigenvalue weighted by molar-refractivity contribution is 0.0950. The molecule has 0 atom stereocenters. The predicted molar refractivity (Wildman–Crippen MR) is 83.7 cm³/mol. The van der Waals surface area contributed by atoms with E-state index in [0.717, 1.165) is 11.1 Å². The molecular formula is C17H20N2O3. The molecule has 0 saturated carbocycles. The minimum atomic E-state index is -0.164. The molecule has 1 heterocycles. The molecule has 2 aromatic rings. The van der Waals surface area contributed by atoms with Crippen LogP contribution in [0.2, 0.25) is 0 Å². The number of ether oxygens (including phenoxy) is 2. The van der Waals surface area contributed by atoms with Crippen molar-refractivity contribution in [2.45, 2.75) is 20.1 Å². The maximum atomic E-state index is 12.1. The van der Waals surface area contributed by atoms with Crippen LogP contribution in [-0.4, -0.2) is 24.6 Å². The Balaban J connectivity index is 1.97. The monoisotopic (exact) mass is 300 g/mol. The minimum Gasteiger partial charge on any atom is -0.478 e. The van der Waals surface area contributed by atoms with Crippen LogP contribution in [0.15, 0.2) is 42.6 Å². The summed E-state index contributed by atoms with van der Waals surface area (Å²) in [6.45, 7) is 3.41. The van der Waals surface area contributed by atoms with Gasteiger partial charge in [-0.1, -0.05) is 24.3 Å². The van der Waals surface area contributed by atoms with Crippen LogP contribution in [0.5, 0.6) is 5.88 Å². The zero-order chi connectivity index (χ0) is 15.8. The fourth-order valence-electron chi connectivity index (χ4n) is 2.05. The van der Waals surface area contributed by atoms with E-state index >= 15 is 0 Å². The van der Waals surface area contributed by atoms with Gasteiger partial charge in [0.15, 0.2) is 0 Å². The van der Waals surface area contributed by atoms with Crippen LogP contribution < -0.4 is 10.1 Å². The van der Waals surface area contributed by atoms with E-state index in [1.54, 1.807) is 19.2 Å². The van der Waals surface area contributed by atoms with Gasteiger partial charge in [0.2, 0.25) is 5.88 Å². The van der Waals surface area contributed by atoms with E-state index in [0.29, 0.717) is 31.2 Å². The van der Waals surface area contributed by atoms with Crippen LogP contribution in [0.1, 0.15) is 28.4 Å². The Morgan fingerprint density at radius 1 is 1.18 bits per heavy atom. The molecule has 0 spiro atoms. The van der Waals surface area contributed by atoms with Gasteiger partial charge in [-0.2, -0.15) is 0 Å². The van der Waals surface area contributed by atoms with E-state index in [2.05, 4.69) is 10.3 Å². The second-order valence-electron chi connectivity index (χ2n) is 4.70. The molecule has 22 heavy (non-hydrogen) atoms. The van der Waals surface area contributed by atoms with Crippen molar-refractivity contribution in [3.63, 3.8) is 0 Å². The summed E-state index contributed by atoms with van der Waals surface area (Å²) >= 11 is 0. The highest BCUT2D eigenvalue weighted by atomic mass is 16.5. The second kappa shape index (κ2) is 8.14. The summed E-state index contributed by atoms with van der Waals surface area (Å²) in [6.07, 6.45) is 1.52. The highest BCUT2D eigenvalue weighted by Crippen LogP contribution is 2.11. The Morgan fingerprint density at radius 3 is 2.59 bits per heavy atom. The average Bonchev–Trinajstić information content (AvgIpc) is 2.55. The number of carbonyl (C=O) groups is 1. The number of hydrogen-bond donors (Lipinski definition) is 1. The highest BCUT2D eigenvalue weighted by Gasteiger charge is 2.08. The smallest absolute Gasteiger partial charge is 0.253 e. The molecular weight excluding hydrogens is 280 g/mol. The van der Waals surface area contributed by atoms with Gasteiger partial charge in [0.25, 0.3) is 5.91 Å². The molecule has 116 valence electrons. The first-order valence-electron chi connectivity index (χ1n) is 7.17. The van der Waals surface area contributed by atoms with Crippen LogP contribution >= 0.6 is 0 Å². The number of aromatic nitrogens is 1. The maximum Gasteiger partial charge on any atom is 0.253 e. The SMILES string of the molecule is CCOc1ccc(C(=O)NCc2ccccc2COC)cn1. The van der Waals surface area contributed by atoms with E-state index in [9.17, 15) is 4.79 Å². The van der Waals surface area contributed by atoms with Crippen molar-refractivity contribution in [1.82, 2.24) is 10.3 Å². The van der Waals surface area contributed by atoms with E-state index in [1.165, 1.54) is 6.20 Å². The van der Waals surface area contributed by atoms with Crippen LogP contribution in [-0.2, 0) is 17.9 Å². The molecule has 0 radical (unpaired) electrons. The van der Waals surface area contributed by atoms with Gasteiger partial charge in [-0.25, -0.2) is 4.98 Å². The summed E-state index contributed by atoms with van der Waals surface area (Å²) < 4.78 is 10.4. The van der Waals surface area contributed by atoms with E-state index in [-0.39, 0.29) is 5.91 Å². The Labute approximate surface area is 130 Å². The first-order valence-corrected chi connectivity index (χ1v) is 7.17. The Bertz CT molecular complexity index is 612. The molecule has 5 nitrogen and oxygen atoms in total. The summed E-state index contributed by atoms with van der Waals surface area (Å²) in [5.74, 6) is 0.354. The minimum absolute atomic E-state index is 0.164. The number of hydrogen-bond acceptors (Lipinski definition) is 4. The van der Waals surface area contributed by atoms with Gasteiger partial charge in [-0.3, -0.25) is 4.79 Å². The molecule has 0 aliphatic rings. The van der Waals surface area contributed by atoms with Gasteiger partial charge in [0, 0.05) is 25.9 Å². The van der Waals surface area contributed by atoms with Gasteiger partial charge in [-0.05, 0) is 24.1 Å². The second-order valence-corrected chi connectivity index (χ2v) is 4.70. The number of nitrogens with zero attached hydrogens (tertiary/aromatic N) is 1. The molecule has 0 saturated heterocycles. The summed E-state index contributed by atoms with van der Waals surface area (Å²) in [5, 5.41) is 2.89. The third kappa shape index (κ3) is 4.30. The number of methoxy groups -OCH3 is 1. The third-order valence-corrected chi connectivity index (χ3v) is 3.15. The van der Waals surface area contributed by atoms with E-state index < -0.39 is 0 Å². The fraction of sp³-hybridized carbons (Fsp3) is 0.294. The van der Waals surface area contributed by atoms with Gasteiger partial charge in [0.1, 0.15) is 0 Å². The third-order valence-electron chi connectivity index (χ3n) is 3.15. The molecule has 0 bridgehead atoms. The summed E-state index contributed by atoms with van der Waals surface area (Å²) in [5.41, 5.74) is 2.61. The Hall–Kier alpha value is -2.40. The number of benzene rings is 1. The Kier molecular flexibility index (Phi) is 5.91. The maximum absolute atomic E-state index is 12.1. The molecule has 1 amide bonds. The van der Waals surface area contributed by atoms with E-state index in [4.69, 9.17) is 9.47 Å². The fourth-order valence-corrected chi connectivity index (χ4v) is 2.05. The number of carbonyl (C=O) groups excluding carboxylic acids is 1. The first-order chi connectivity index (χ1) is 10.7. The number of amides is 1. The molecule has 0 unspecified atom stereocenters. The highest BCUT2D eigenvalue weighted by molar-refractivity contribution is 5.93. The lowest BCUT2D eigenvalue weighted by Gasteiger charge is -2.10. The topological polar surface area (TPSA) is 60.5 Å². The normalized spacial score (nSPS) is 10.3. The Morgan fingerprint density at radius 2 is 1.95 bits per heavy atom. The van der Waals surface area contributed by atoms with Crippen molar-refractivity contribution in [3.8, 4) is 5.88 Å². The van der Waals surface area contributed by atoms with Gasteiger partial charge in [0.05, 0.1) is 18.8 Å². The number of pyridine rings is 1. The summed E-state index contributed by atoms with van der Waals surface area (Å²) in [4.78, 5) is 16.2. The molecule has 1 aromatic carbocycles. The standard InChI is InChI=1S/C17H20N2O3/c1-3-22-16-9-8-14(11-18-16)17(20)19-10-13-6-4-5-7-15(13)12-21-2/h4-9,11H,3,10,12H2,1-2H3,(H,19,20). The zero-order valence-electron chi connectivity index (χ0n) is 12.8. The largest absolute Gasteiger partial charge is 0.478 e. The molecule has 0 aliphatic heterocycles. The van der Waals surface area contributed by atoms with E-state index in [1.807, 2.05) is 31.2 Å². The lowest BCUT2D eigenvalue weighted by atomic mass is 10.1. The predicted octanol–water partition coefficient (Wildman–Crippen LogP) is 2.56. The van der Waals surface area contributed by atoms with Gasteiger partial charge >= 0.3 is 0 Å². The number of nitrogens with one attached hydrogen (secondary N) is 1. The summed E-state index contributed by atoms with van der Waals surface area (Å²) in [6, 6.07) is 11.3. The van der Waals surface area contributed by atoms with Gasteiger partial charge < -0.3 is 14.8 Å². The van der Waals surface area contributed by atoms with Crippen molar-refractivity contribution < 1.29 is 14.3 Å². The zero-order valence-corrected chi connectivity index (χ0v) is 12.8. The molecule has 5 heteroatoms. The molecule has 0 fully saturated rings. The van der Waals surface area contributed by atoms with Crippen LogP contribution in [0.3, 0.4) is 0 Å². The number of rotatable bonds is 7. The van der Waals surface area contributed by atoms with Crippen molar-refractivity contribution in [3.05, 3.63) is 59.3 Å².